The van der Waals surface area contributed by atoms with E-state index in [1.807, 2.05) is 0 Å². The maximum atomic E-state index is 10.1. The molecule has 0 bridgehead atoms. The summed E-state index contributed by atoms with van der Waals surface area (Å²) in [4.78, 5) is 16.9. The molecule has 0 heterocycles. The molecule has 0 aromatic rings. The van der Waals surface area contributed by atoms with Gasteiger partial charge in [0, 0.05) is 0 Å². The molecule has 0 spiro atoms. The minimum Gasteiger partial charge on any atom is -0.786 e. The summed E-state index contributed by atoms with van der Waals surface area (Å²) in [5.41, 5.74) is 0. The van der Waals surface area contributed by atoms with Crippen LogP contribution in [0.25, 0.3) is 0 Å². The number of hydrogen-bond donors (Lipinski definition) is 0. The number of rotatable bonds is 0. The van der Waals surface area contributed by atoms with Gasteiger partial charge in [-0.3, -0.25) is 0 Å². The van der Waals surface area contributed by atoms with Crippen molar-refractivity contribution in [3.05, 3.63) is 0 Å². The summed E-state index contributed by atoms with van der Waals surface area (Å²) in [6.45, 7) is 0. The summed E-state index contributed by atoms with van der Waals surface area (Å²) in [5, 5.41) is 0. The van der Waals surface area contributed by atoms with Gasteiger partial charge in [0.2, 0.25) is 0 Å². The molecule has 0 aromatic heterocycles. The van der Waals surface area contributed by atoms with E-state index in [0.717, 1.165) is 8.97 Å². The summed E-state index contributed by atoms with van der Waals surface area (Å²) in [5.74, 6) is 0. The van der Waals surface area contributed by atoms with Crippen LogP contribution < -0.4 is 9.79 Å². The van der Waals surface area contributed by atoms with Gasteiger partial charge < -0.3 is 23.3 Å². The zero-order valence-electron chi connectivity index (χ0n) is 10.9. The molecule has 7 heteroatoms. The number of nitrogens with zero attached hydrogens (tertiary/aromatic N) is 2. The van der Waals surface area contributed by atoms with Crippen LogP contribution in [0.3, 0.4) is 0 Å². The van der Waals surface area contributed by atoms with Crippen LogP contribution in [-0.2, 0) is 4.57 Å². The molecule has 0 aliphatic rings. The molecule has 96 valence electrons. The highest BCUT2D eigenvalue weighted by Gasteiger charge is 1.88. The third kappa shape index (κ3) is 654000000000000018593511782047809536. The predicted molar refractivity (Wildman–Crippen MR) is 56.6 cm³/mol. The van der Waals surface area contributed by atoms with E-state index in [0.29, 0.717) is 0 Å². The largest absolute Gasteiger partial charge is 0.786 e. The summed E-state index contributed by atoms with van der Waals surface area (Å²) in [6, 6.07) is 0. The molecular formula is C8H24FN2O3P. The molecule has 0 rings (SSSR count). The zero-order valence-corrected chi connectivity index (χ0v) is 11.8. The van der Waals surface area contributed by atoms with E-state index in [-0.39, 0.29) is 0 Å². The fourth-order valence-corrected chi connectivity index (χ4v) is 0. The van der Waals surface area contributed by atoms with E-state index in [9.17, 15) is 4.20 Å². The molecule has 0 atom stereocenters. The Hall–Kier alpha value is -0.0000000000000000555. The minimum absolute atomic E-state index is 1.00. The molecule has 0 aromatic carbocycles. The molecular weight excluding hydrogens is 222 g/mol. The lowest BCUT2D eigenvalue weighted by atomic mass is 10.8. The molecule has 0 fully saturated rings. The Morgan fingerprint density at radius 3 is 0.800 bits per heavy atom. The zero-order chi connectivity index (χ0) is 13.5. The van der Waals surface area contributed by atoms with Crippen LogP contribution in [0.15, 0.2) is 0 Å². The van der Waals surface area contributed by atoms with Gasteiger partial charge >= 0.3 is 0 Å². The van der Waals surface area contributed by atoms with Gasteiger partial charge in [0.25, 0.3) is 0 Å². The first-order chi connectivity index (χ1) is 6.00. The van der Waals surface area contributed by atoms with Gasteiger partial charge in [0.05, 0.1) is 56.4 Å². The minimum atomic E-state index is -5.64. The van der Waals surface area contributed by atoms with Gasteiger partial charge in [-0.15, -0.1) is 0 Å². The molecule has 0 aliphatic heterocycles. The fourth-order valence-electron chi connectivity index (χ4n) is 0. The lowest BCUT2D eigenvalue weighted by Gasteiger charge is -2.15. The molecule has 0 unspecified atom stereocenters. The Kier molecular flexibility index (Phi) is 9.94. The molecule has 0 saturated heterocycles. The summed E-state index contributed by atoms with van der Waals surface area (Å²) in [7, 11) is 11.4. The van der Waals surface area contributed by atoms with Crippen molar-refractivity contribution in [3.8, 4) is 0 Å². The molecule has 5 nitrogen and oxygen atoms in total. The highest BCUT2D eigenvalue weighted by Crippen LogP contribution is 2.22. The van der Waals surface area contributed by atoms with Crippen molar-refractivity contribution < 1.29 is 27.5 Å². The number of halogens is 1. The Balaban J connectivity index is -0.000000144. The fraction of sp³-hybridized carbons (Fsp3) is 1.00. The standard InChI is InChI=1S/2C4H12N.FH2O3P/c3*1-5(2,3)4/h2*1-4H3;(H2,2,3,4)/q2*+1;/p-2. The highest BCUT2D eigenvalue weighted by molar-refractivity contribution is 7.42. The van der Waals surface area contributed by atoms with Gasteiger partial charge in [-0.25, -0.2) is 4.20 Å². The van der Waals surface area contributed by atoms with Crippen molar-refractivity contribution in [2.24, 2.45) is 0 Å². The van der Waals surface area contributed by atoms with Crippen LogP contribution >= 0.6 is 7.91 Å². The highest BCUT2D eigenvalue weighted by atomic mass is 31.2. The lowest BCUT2D eigenvalue weighted by Crippen LogP contribution is -2.27. The van der Waals surface area contributed by atoms with Crippen LogP contribution in [0, 0.1) is 0 Å². The first-order valence-electron chi connectivity index (χ1n) is 4.29. The third-order valence-electron chi connectivity index (χ3n) is 0. The van der Waals surface area contributed by atoms with E-state index < -0.39 is 7.91 Å². The van der Waals surface area contributed by atoms with Crippen LogP contribution in [0.1, 0.15) is 0 Å². The number of quaternary nitrogens is 2. The summed E-state index contributed by atoms with van der Waals surface area (Å²) in [6.07, 6.45) is 0. The predicted octanol–water partition coefficient (Wildman–Crippen LogP) is -0.571. The van der Waals surface area contributed by atoms with Gasteiger partial charge in [-0.2, -0.15) is 0 Å². The van der Waals surface area contributed by atoms with Gasteiger partial charge in [0.15, 0.2) is 0 Å². The maximum absolute atomic E-state index is 10.1. The maximum Gasteiger partial charge on any atom is 0.110 e. The van der Waals surface area contributed by atoms with Crippen molar-refractivity contribution in [2.75, 3.05) is 56.4 Å². The van der Waals surface area contributed by atoms with E-state index in [1.165, 1.54) is 0 Å². The molecule has 0 amide bonds. The van der Waals surface area contributed by atoms with Gasteiger partial charge in [-0.1, -0.05) is 0 Å². The summed E-state index contributed by atoms with van der Waals surface area (Å²) < 4.78 is 20.6. The molecule has 15 heavy (non-hydrogen) atoms. The lowest BCUT2D eigenvalue weighted by molar-refractivity contribution is -0.849. The first kappa shape index (κ1) is 20.4. The van der Waals surface area contributed by atoms with E-state index >= 15 is 0 Å². The third-order valence-corrected chi connectivity index (χ3v) is 0. The first-order valence-corrected chi connectivity index (χ1v) is 5.73. The average Bonchev–Trinajstić information content (AvgIpc) is 1.41. The van der Waals surface area contributed by atoms with Crippen LogP contribution in [0.4, 0.5) is 4.20 Å². The Morgan fingerprint density at radius 1 is 0.800 bits per heavy atom. The quantitative estimate of drug-likeness (QED) is 0.425. The normalized spacial score (nSPS) is 11.9. The second-order valence-electron chi connectivity index (χ2n) is 5.80. The molecule has 0 radical (unpaired) electrons. The molecule has 0 aliphatic carbocycles. The topological polar surface area (TPSA) is 63.2 Å². The van der Waals surface area contributed by atoms with E-state index in [4.69, 9.17) is 14.4 Å². The molecule has 0 N–H and O–H groups in total. The Morgan fingerprint density at radius 2 is 0.800 bits per heavy atom. The monoisotopic (exact) mass is 246 g/mol. The smallest absolute Gasteiger partial charge is 0.110 e. The number of hydrogen-bond acceptors (Lipinski definition) is 3. The van der Waals surface area contributed by atoms with Crippen molar-refractivity contribution in [2.45, 2.75) is 0 Å². The van der Waals surface area contributed by atoms with E-state index in [1.54, 1.807) is 0 Å². The average molecular weight is 246 g/mol. The SMILES string of the molecule is C[N+](C)(C)C.C[N+](C)(C)C.O=P([O-])([O-])F. The van der Waals surface area contributed by atoms with Crippen LogP contribution in [0.5, 0.6) is 0 Å². The van der Waals surface area contributed by atoms with Crippen molar-refractivity contribution >= 4 is 7.91 Å². The second-order valence-corrected chi connectivity index (χ2v) is 6.66. The Labute approximate surface area is 92.6 Å². The van der Waals surface area contributed by atoms with Crippen LogP contribution in [-0.4, -0.2) is 65.3 Å². The van der Waals surface area contributed by atoms with Gasteiger partial charge in [-0.05, 0) is 0 Å². The van der Waals surface area contributed by atoms with Crippen LogP contribution in [0.2, 0.25) is 0 Å². The summed E-state index contributed by atoms with van der Waals surface area (Å²) >= 11 is 0. The second kappa shape index (κ2) is 7.30. The van der Waals surface area contributed by atoms with Gasteiger partial charge in [0.1, 0.15) is 7.91 Å². The van der Waals surface area contributed by atoms with Crippen molar-refractivity contribution in [1.29, 1.82) is 0 Å². The Bertz CT molecular complexity index is 161. The van der Waals surface area contributed by atoms with Crippen molar-refractivity contribution in [3.63, 3.8) is 0 Å². The molecule has 0 saturated carbocycles. The van der Waals surface area contributed by atoms with E-state index in [2.05, 4.69) is 56.4 Å². The van der Waals surface area contributed by atoms with Crippen molar-refractivity contribution in [1.82, 2.24) is 0 Å².